The van der Waals surface area contributed by atoms with Crippen LogP contribution in [0.1, 0.15) is 11.1 Å². The lowest BCUT2D eigenvalue weighted by Gasteiger charge is -2.24. The van der Waals surface area contributed by atoms with E-state index in [1.807, 2.05) is 6.92 Å². The van der Waals surface area contributed by atoms with Gasteiger partial charge < -0.3 is 5.32 Å². The van der Waals surface area contributed by atoms with Crippen LogP contribution in [0.2, 0.25) is 5.02 Å². The molecule has 2 nitrogen and oxygen atoms in total. The van der Waals surface area contributed by atoms with Crippen molar-refractivity contribution in [2.24, 2.45) is 0 Å². The minimum atomic E-state index is -4.19. The van der Waals surface area contributed by atoms with Crippen molar-refractivity contribution in [2.75, 3.05) is 26.7 Å². The first-order valence-corrected chi connectivity index (χ1v) is 6.38. The predicted molar refractivity (Wildman–Crippen MR) is 71.4 cm³/mol. The highest BCUT2D eigenvalue weighted by Crippen LogP contribution is 2.20. The fraction of sp³-hybridized carbons (Fsp3) is 0.538. The average molecular weight is 295 g/mol. The number of halogens is 4. The Balaban J connectivity index is 2.75. The van der Waals surface area contributed by atoms with E-state index < -0.39 is 12.7 Å². The van der Waals surface area contributed by atoms with Crippen molar-refractivity contribution >= 4 is 11.6 Å². The van der Waals surface area contributed by atoms with Crippen LogP contribution in [0.15, 0.2) is 18.2 Å². The van der Waals surface area contributed by atoms with Crippen LogP contribution in [0.5, 0.6) is 0 Å². The second-order valence-electron chi connectivity index (χ2n) is 4.50. The van der Waals surface area contributed by atoms with Gasteiger partial charge in [0, 0.05) is 24.7 Å². The Morgan fingerprint density at radius 2 is 2.00 bits per heavy atom. The van der Waals surface area contributed by atoms with Gasteiger partial charge in [0.2, 0.25) is 0 Å². The van der Waals surface area contributed by atoms with Crippen molar-refractivity contribution in [1.82, 2.24) is 10.2 Å². The molecule has 1 N–H and O–H groups in total. The molecule has 0 aliphatic rings. The maximum absolute atomic E-state index is 12.5. The summed E-state index contributed by atoms with van der Waals surface area (Å²) < 4.78 is 37.6. The van der Waals surface area contributed by atoms with Crippen LogP contribution in [-0.4, -0.2) is 37.8 Å². The number of nitrogens with zero attached hydrogens (tertiary/aromatic N) is 1. The van der Waals surface area contributed by atoms with Crippen LogP contribution in [0.4, 0.5) is 13.2 Å². The Labute approximate surface area is 116 Å². The van der Waals surface area contributed by atoms with Crippen molar-refractivity contribution in [3.05, 3.63) is 34.3 Å². The molecule has 19 heavy (non-hydrogen) atoms. The van der Waals surface area contributed by atoms with Crippen LogP contribution in [-0.2, 0) is 6.54 Å². The summed E-state index contributed by atoms with van der Waals surface area (Å²) in [5, 5.41) is 3.46. The summed E-state index contributed by atoms with van der Waals surface area (Å²) in [6, 6.07) is 5.24. The molecule has 0 saturated heterocycles. The van der Waals surface area contributed by atoms with E-state index in [0.29, 0.717) is 18.1 Å². The quantitative estimate of drug-likeness (QED) is 0.866. The zero-order valence-electron chi connectivity index (χ0n) is 11.0. The van der Waals surface area contributed by atoms with E-state index in [1.165, 1.54) is 4.90 Å². The molecule has 0 aliphatic heterocycles. The van der Waals surface area contributed by atoms with Crippen molar-refractivity contribution in [3.8, 4) is 0 Å². The fourth-order valence-corrected chi connectivity index (χ4v) is 2.04. The molecule has 0 radical (unpaired) electrons. The van der Waals surface area contributed by atoms with Crippen LogP contribution in [0.3, 0.4) is 0 Å². The molecule has 6 heteroatoms. The average Bonchev–Trinajstić information content (AvgIpc) is 2.27. The maximum Gasteiger partial charge on any atom is 0.401 e. The minimum Gasteiger partial charge on any atom is -0.318 e. The van der Waals surface area contributed by atoms with Gasteiger partial charge in [0.05, 0.1) is 6.54 Å². The summed E-state index contributed by atoms with van der Waals surface area (Å²) in [7, 11) is 1.72. The molecule has 0 aliphatic carbocycles. The molecule has 108 valence electrons. The first-order valence-electron chi connectivity index (χ1n) is 6.00. The summed E-state index contributed by atoms with van der Waals surface area (Å²) in [6.45, 7) is 2.08. The zero-order valence-corrected chi connectivity index (χ0v) is 11.8. The Morgan fingerprint density at radius 3 is 2.53 bits per heavy atom. The van der Waals surface area contributed by atoms with E-state index in [4.69, 9.17) is 11.6 Å². The Bertz CT molecular complexity index is 407. The number of hydrogen-bond donors (Lipinski definition) is 1. The van der Waals surface area contributed by atoms with Gasteiger partial charge in [-0.1, -0.05) is 17.7 Å². The smallest absolute Gasteiger partial charge is 0.318 e. The Kier molecular flexibility index (Phi) is 6.10. The summed E-state index contributed by atoms with van der Waals surface area (Å²) in [5.41, 5.74) is 1.77. The lowest BCUT2D eigenvalue weighted by molar-refractivity contribution is -0.146. The normalized spacial score (nSPS) is 12.2. The number of alkyl halides is 3. The van der Waals surface area contributed by atoms with Gasteiger partial charge in [-0.05, 0) is 37.2 Å². The summed E-state index contributed by atoms with van der Waals surface area (Å²) in [6.07, 6.45) is -4.19. The summed E-state index contributed by atoms with van der Waals surface area (Å²) >= 11 is 5.84. The molecule has 1 rings (SSSR count). The molecule has 0 heterocycles. The number of nitrogens with one attached hydrogen (secondary N) is 1. The first-order chi connectivity index (χ1) is 8.81. The van der Waals surface area contributed by atoms with Crippen molar-refractivity contribution in [2.45, 2.75) is 19.6 Å². The number of rotatable bonds is 6. The van der Waals surface area contributed by atoms with E-state index in [2.05, 4.69) is 5.32 Å². The molecule has 0 spiro atoms. The molecular formula is C13H18ClF3N2. The molecule has 0 fully saturated rings. The molecule has 0 bridgehead atoms. The van der Waals surface area contributed by atoms with Crippen LogP contribution >= 0.6 is 11.6 Å². The second kappa shape index (κ2) is 7.12. The van der Waals surface area contributed by atoms with Crippen molar-refractivity contribution < 1.29 is 13.2 Å². The topological polar surface area (TPSA) is 15.3 Å². The van der Waals surface area contributed by atoms with Crippen LogP contribution in [0.25, 0.3) is 0 Å². The standard InChI is InChI=1S/C13H18ClF3N2/c1-10-7-12(14)4-3-11(10)8-19(6-5-18-2)9-13(15,16)17/h3-4,7,18H,5-6,8-9H2,1-2H3. The molecule has 1 aromatic carbocycles. The first kappa shape index (κ1) is 16.3. The van der Waals surface area contributed by atoms with Crippen LogP contribution in [0, 0.1) is 6.92 Å². The van der Waals surface area contributed by atoms with Gasteiger partial charge >= 0.3 is 6.18 Å². The molecule has 0 atom stereocenters. The van der Waals surface area contributed by atoms with Gasteiger partial charge in [-0.2, -0.15) is 13.2 Å². The lowest BCUT2D eigenvalue weighted by Crippen LogP contribution is -2.37. The van der Waals surface area contributed by atoms with E-state index in [0.717, 1.165) is 11.1 Å². The Hall–Kier alpha value is -0.780. The molecule has 0 unspecified atom stereocenters. The van der Waals surface area contributed by atoms with E-state index in [9.17, 15) is 13.2 Å². The van der Waals surface area contributed by atoms with Gasteiger partial charge in [0.25, 0.3) is 0 Å². The number of aryl methyl sites for hydroxylation is 1. The van der Waals surface area contributed by atoms with Gasteiger partial charge in [0.15, 0.2) is 0 Å². The third kappa shape index (κ3) is 6.27. The van der Waals surface area contributed by atoms with Gasteiger partial charge in [-0.3, -0.25) is 4.90 Å². The molecule has 0 amide bonds. The molecule has 0 aromatic heterocycles. The fourth-order valence-electron chi connectivity index (χ4n) is 1.82. The van der Waals surface area contributed by atoms with Gasteiger partial charge in [-0.15, -0.1) is 0 Å². The van der Waals surface area contributed by atoms with Gasteiger partial charge in [0.1, 0.15) is 0 Å². The molecule has 0 saturated carbocycles. The maximum atomic E-state index is 12.5. The molecular weight excluding hydrogens is 277 g/mol. The SMILES string of the molecule is CNCCN(Cc1ccc(Cl)cc1C)CC(F)(F)F. The van der Waals surface area contributed by atoms with E-state index in [1.54, 1.807) is 25.2 Å². The van der Waals surface area contributed by atoms with E-state index >= 15 is 0 Å². The third-order valence-corrected chi connectivity index (χ3v) is 3.01. The van der Waals surface area contributed by atoms with Crippen molar-refractivity contribution in [1.29, 1.82) is 0 Å². The number of likely N-dealkylation sites (N-methyl/N-ethyl adjacent to an activating group) is 1. The monoisotopic (exact) mass is 294 g/mol. The lowest BCUT2D eigenvalue weighted by atomic mass is 10.1. The highest BCUT2D eigenvalue weighted by molar-refractivity contribution is 6.30. The largest absolute Gasteiger partial charge is 0.401 e. The van der Waals surface area contributed by atoms with Crippen molar-refractivity contribution in [3.63, 3.8) is 0 Å². The zero-order chi connectivity index (χ0) is 14.5. The van der Waals surface area contributed by atoms with E-state index in [-0.39, 0.29) is 6.54 Å². The Morgan fingerprint density at radius 1 is 1.32 bits per heavy atom. The highest BCUT2D eigenvalue weighted by Gasteiger charge is 2.30. The minimum absolute atomic E-state index is 0.268. The third-order valence-electron chi connectivity index (χ3n) is 2.78. The number of benzene rings is 1. The van der Waals surface area contributed by atoms with Gasteiger partial charge in [-0.25, -0.2) is 0 Å². The number of hydrogen-bond acceptors (Lipinski definition) is 2. The highest BCUT2D eigenvalue weighted by atomic mass is 35.5. The predicted octanol–water partition coefficient (Wildman–Crippen LogP) is 3.23. The summed E-state index contributed by atoms with van der Waals surface area (Å²) in [5.74, 6) is 0. The molecule has 1 aromatic rings. The second-order valence-corrected chi connectivity index (χ2v) is 4.94. The van der Waals surface area contributed by atoms with Crippen LogP contribution < -0.4 is 5.32 Å². The summed E-state index contributed by atoms with van der Waals surface area (Å²) in [4.78, 5) is 1.38.